The number of nitro groups is 1. The fraction of sp³-hybridized carbons (Fsp3) is 0. The van der Waals surface area contributed by atoms with Crippen LogP contribution in [0.3, 0.4) is 0 Å². The molecule has 0 aliphatic heterocycles. The number of ether oxygens (including phenoxy) is 1. The van der Waals surface area contributed by atoms with Crippen molar-refractivity contribution in [3.63, 3.8) is 0 Å². The Bertz CT molecular complexity index is 589. The van der Waals surface area contributed by atoms with Crippen LogP contribution in [0, 0.1) is 10.1 Å². The maximum atomic E-state index is 10.5. The number of rotatable bonds is 3. The van der Waals surface area contributed by atoms with E-state index in [4.69, 9.17) is 27.9 Å². The van der Waals surface area contributed by atoms with Gasteiger partial charge in [0.1, 0.15) is 22.1 Å². The molecule has 2 aromatic heterocycles. The van der Waals surface area contributed by atoms with Crippen LogP contribution in [0.5, 0.6) is 11.6 Å². The summed E-state index contributed by atoms with van der Waals surface area (Å²) >= 11 is 11.4. The topological polar surface area (TPSA) is 78.2 Å². The minimum Gasteiger partial charge on any atom is -0.436 e. The summed E-state index contributed by atoms with van der Waals surface area (Å²) in [4.78, 5) is 17.5. The van der Waals surface area contributed by atoms with Crippen molar-refractivity contribution < 1.29 is 9.66 Å². The van der Waals surface area contributed by atoms with Gasteiger partial charge in [-0.15, -0.1) is 0 Å². The first kappa shape index (κ1) is 12.5. The van der Waals surface area contributed by atoms with E-state index in [-0.39, 0.29) is 16.6 Å². The molecule has 0 aromatic carbocycles. The molecule has 0 spiro atoms. The molecule has 0 N–H and O–H groups in total. The molecule has 2 rings (SSSR count). The molecule has 0 radical (unpaired) electrons. The zero-order valence-electron chi connectivity index (χ0n) is 8.71. The summed E-state index contributed by atoms with van der Waals surface area (Å²) in [5.41, 5.74) is -0.207. The minimum atomic E-state index is -0.591. The highest BCUT2D eigenvalue weighted by Crippen LogP contribution is 2.29. The van der Waals surface area contributed by atoms with Gasteiger partial charge >= 0.3 is 0 Å². The molecule has 2 heterocycles. The first-order chi connectivity index (χ1) is 8.56. The van der Waals surface area contributed by atoms with Crippen LogP contribution in [0.25, 0.3) is 0 Å². The Balaban J connectivity index is 2.24. The van der Waals surface area contributed by atoms with Gasteiger partial charge in [0.05, 0.1) is 11.1 Å². The Morgan fingerprint density at radius 1 is 1.22 bits per heavy atom. The number of aromatic nitrogens is 2. The molecular weight excluding hydrogens is 281 g/mol. The molecular formula is C10H5Cl2N3O3. The fourth-order valence-electron chi connectivity index (χ4n) is 1.12. The third-order valence-corrected chi connectivity index (χ3v) is 2.41. The van der Waals surface area contributed by atoms with E-state index in [0.29, 0.717) is 10.9 Å². The highest BCUT2D eigenvalue weighted by atomic mass is 35.5. The third-order valence-electron chi connectivity index (χ3n) is 1.92. The number of pyridine rings is 2. The number of hydrogen-bond acceptors (Lipinski definition) is 5. The van der Waals surface area contributed by atoms with E-state index < -0.39 is 4.92 Å². The van der Waals surface area contributed by atoms with Crippen molar-refractivity contribution in [1.29, 1.82) is 0 Å². The lowest BCUT2D eigenvalue weighted by atomic mass is 10.4. The average molecular weight is 286 g/mol. The zero-order valence-corrected chi connectivity index (χ0v) is 10.2. The van der Waals surface area contributed by atoms with Crippen molar-refractivity contribution in [2.75, 3.05) is 0 Å². The zero-order chi connectivity index (χ0) is 13.1. The van der Waals surface area contributed by atoms with Gasteiger partial charge in [0.25, 0.3) is 5.69 Å². The van der Waals surface area contributed by atoms with Crippen LogP contribution in [0.4, 0.5) is 5.69 Å². The number of nitrogens with zero attached hydrogens (tertiary/aromatic N) is 3. The molecule has 0 amide bonds. The van der Waals surface area contributed by atoms with Crippen molar-refractivity contribution in [3.05, 3.63) is 50.9 Å². The largest absolute Gasteiger partial charge is 0.436 e. The van der Waals surface area contributed by atoms with Gasteiger partial charge < -0.3 is 4.74 Å². The molecule has 0 unspecified atom stereocenters. The quantitative estimate of drug-likeness (QED) is 0.490. The highest BCUT2D eigenvalue weighted by Gasteiger charge is 2.12. The highest BCUT2D eigenvalue weighted by molar-refractivity contribution is 6.32. The van der Waals surface area contributed by atoms with Crippen LogP contribution < -0.4 is 4.74 Å². The van der Waals surface area contributed by atoms with Gasteiger partial charge in [0.2, 0.25) is 5.88 Å². The Labute approximate surface area is 111 Å². The minimum absolute atomic E-state index is 0.0409. The molecule has 0 saturated heterocycles. The van der Waals surface area contributed by atoms with Gasteiger partial charge in [-0.3, -0.25) is 10.1 Å². The van der Waals surface area contributed by atoms with Crippen LogP contribution in [0.1, 0.15) is 0 Å². The Morgan fingerprint density at radius 3 is 2.56 bits per heavy atom. The monoisotopic (exact) mass is 285 g/mol. The van der Waals surface area contributed by atoms with Crippen LogP contribution in [0.15, 0.2) is 30.6 Å². The van der Waals surface area contributed by atoms with Crippen LogP contribution in [-0.4, -0.2) is 14.9 Å². The fourth-order valence-corrected chi connectivity index (χ4v) is 1.44. The SMILES string of the molecule is O=[N+]([O-])c1cnc(Oc2ccc(Cl)nc2)c(Cl)c1. The number of hydrogen-bond donors (Lipinski definition) is 0. The van der Waals surface area contributed by atoms with Crippen LogP contribution >= 0.6 is 23.2 Å². The number of halogens is 2. The normalized spacial score (nSPS) is 10.1. The summed E-state index contributed by atoms with van der Waals surface area (Å²) in [6.07, 6.45) is 2.45. The van der Waals surface area contributed by atoms with E-state index in [1.807, 2.05) is 0 Å². The summed E-state index contributed by atoms with van der Waals surface area (Å²) in [6, 6.07) is 4.28. The molecule has 2 aromatic rings. The molecule has 0 fully saturated rings. The first-order valence-corrected chi connectivity index (χ1v) is 5.41. The van der Waals surface area contributed by atoms with Crippen LogP contribution in [0.2, 0.25) is 10.2 Å². The molecule has 6 nitrogen and oxygen atoms in total. The summed E-state index contributed by atoms with van der Waals surface area (Å²) in [5, 5.41) is 10.9. The predicted octanol–water partition coefficient (Wildman–Crippen LogP) is 3.48. The second-order valence-corrected chi connectivity index (χ2v) is 3.95. The summed E-state index contributed by atoms with van der Waals surface area (Å²) in [7, 11) is 0. The molecule has 0 atom stereocenters. The summed E-state index contributed by atoms with van der Waals surface area (Å²) in [6.45, 7) is 0. The lowest BCUT2D eigenvalue weighted by Gasteiger charge is -2.05. The smallest absolute Gasteiger partial charge is 0.289 e. The van der Waals surface area contributed by atoms with Crippen molar-refractivity contribution >= 4 is 28.9 Å². The molecule has 0 aliphatic rings. The van der Waals surface area contributed by atoms with Crippen molar-refractivity contribution in [2.45, 2.75) is 0 Å². The lowest BCUT2D eigenvalue weighted by molar-refractivity contribution is -0.385. The van der Waals surface area contributed by atoms with Gasteiger partial charge in [-0.1, -0.05) is 23.2 Å². The third kappa shape index (κ3) is 2.85. The van der Waals surface area contributed by atoms with Gasteiger partial charge in [0, 0.05) is 6.07 Å². The molecule has 0 aliphatic carbocycles. The van der Waals surface area contributed by atoms with E-state index in [1.54, 1.807) is 6.07 Å². The Kier molecular flexibility index (Phi) is 3.59. The maximum Gasteiger partial charge on any atom is 0.289 e. The molecule has 92 valence electrons. The molecule has 8 heteroatoms. The van der Waals surface area contributed by atoms with E-state index in [0.717, 1.165) is 12.3 Å². The standard InChI is InChI=1S/C10H5Cl2N3O3/c11-8-3-6(15(16)17)4-14-10(8)18-7-1-2-9(12)13-5-7/h1-5H. The van der Waals surface area contributed by atoms with Gasteiger partial charge in [-0.25, -0.2) is 9.97 Å². The van der Waals surface area contributed by atoms with Gasteiger partial charge in [-0.2, -0.15) is 0 Å². The Hall–Kier alpha value is -1.92. The first-order valence-electron chi connectivity index (χ1n) is 4.65. The van der Waals surface area contributed by atoms with Crippen molar-refractivity contribution in [3.8, 4) is 11.6 Å². The van der Waals surface area contributed by atoms with E-state index >= 15 is 0 Å². The summed E-state index contributed by atoms with van der Waals surface area (Å²) in [5.74, 6) is 0.439. The van der Waals surface area contributed by atoms with Crippen molar-refractivity contribution in [2.24, 2.45) is 0 Å². The van der Waals surface area contributed by atoms with E-state index in [1.165, 1.54) is 12.3 Å². The molecule has 18 heavy (non-hydrogen) atoms. The van der Waals surface area contributed by atoms with Crippen molar-refractivity contribution in [1.82, 2.24) is 9.97 Å². The molecule has 0 saturated carbocycles. The van der Waals surface area contributed by atoms with Crippen LogP contribution in [-0.2, 0) is 0 Å². The second kappa shape index (κ2) is 5.16. The molecule has 0 bridgehead atoms. The second-order valence-electron chi connectivity index (χ2n) is 3.16. The predicted molar refractivity (Wildman–Crippen MR) is 65.2 cm³/mol. The lowest BCUT2D eigenvalue weighted by Crippen LogP contribution is -1.93. The average Bonchev–Trinajstić information content (AvgIpc) is 2.34. The van der Waals surface area contributed by atoms with E-state index in [2.05, 4.69) is 9.97 Å². The van der Waals surface area contributed by atoms with Gasteiger partial charge in [-0.05, 0) is 12.1 Å². The Morgan fingerprint density at radius 2 is 2.00 bits per heavy atom. The summed E-state index contributed by atoms with van der Waals surface area (Å²) < 4.78 is 5.31. The van der Waals surface area contributed by atoms with Gasteiger partial charge in [0.15, 0.2) is 0 Å². The van der Waals surface area contributed by atoms with E-state index in [9.17, 15) is 10.1 Å². The maximum absolute atomic E-state index is 10.5.